The van der Waals surface area contributed by atoms with E-state index in [4.69, 9.17) is 0 Å². The molecule has 0 radical (unpaired) electrons. The van der Waals surface area contributed by atoms with Crippen LogP contribution in [0, 0.1) is 11.2 Å². The van der Waals surface area contributed by atoms with E-state index in [2.05, 4.69) is 31.9 Å². The molecule has 0 N–H and O–H groups in total. The van der Waals surface area contributed by atoms with Crippen molar-refractivity contribution in [3.8, 4) is 11.2 Å². The van der Waals surface area contributed by atoms with E-state index in [0.717, 1.165) is 22.2 Å². The Balaban J connectivity index is 0.000000717. The summed E-state index contributed by atoms with van der Waals surface area (Å²) in [5.74, 6) is 3.67. The van der Waals surface area contributed by atoms with Crippen LogP contribution < -0.4 is 0 Å². The Morgan fingerprint density at radius 3 is 1.11 bits per heavy atom. The summed E-state index contributed by atoms with van der Waals surface area (Å²) >= 11 is 0. The quantitative estimate of drug-likeness (QED) is 0.408. The topological polar surface area (TPSA) is 0 Å². The maximum atomic E-state index is 4.13. The second-order valence-corrected chi connectivity index (χ2v) is 12.6. The summed E-state index contributed by atoms with van der Waals surface area (Å²) in [6, 6.07) is 0. The zero-order valence-corrected chi connectivity index (χ0v) is 21.0. The van der Waals surface area contributed by atoms with Gasteiger partial charge >= 0.3 is 0 Å². The molecule has 0 aromatic heterocycles. The molecule has 0 atom stereocenters. The Morgan fingerprint density at radius 2 is 0.857 bits per heavy atom. The van der Waals surface area contributed by atoms with E-state index in [0.29, 0.717) is 0 Å². The lowest BCUT2D eigenvalue weighted by molar-refractivity contribution is 0.465. The van der Waals surface area contributed by atoms with Crippen LogP contribution in [0.25, 0.3) is 0 Å². The van der Waals surface area contributed by atoms with Crippen LogP contribution in [0.1, 0.15) is 144 Å². The first-order chi connectivity index (χ1) is 13.8. The first-order valence-electron chi connectivity index (χ1n) is 13.1. The molecular formula is C27H52S. The van der Waals surface area contributed by atoms with Crippen molar-refractivity contribution < 1.29 is 0 Å². The van der Waals surface area contributed by atoms with Crippen molar-refractivity contribution in [2.75, 3.05) is 0 Å². The van der Waals surface area contributed by atoms with Crippen LogP contribution in [0.2, 0.25) is 0 Å². The molecule has 3 saturated carbocycles. The van der Waals surface area contributed by atoms with Crippen LogP contribution >= 0.6 is 10.0 Å². The Morgan fingerprint density at radius 1 is 0.571 bits per heavy atom. The summed E-state index contributed by atoms with van der Waals surface area (Å²) in [5, 5.41) is 7.13. The lowest BCUT2D eigenvalue weighted by Gasteiger charge is -2.56. The Labute approximate surface area is 180 Å². The summed E-state index contributed by atoms with van der Waals surface area (Å²) in [6.45, 7) is 10.5. The van der Waals surface area contributed by atoms with E-state index >= 15 is 0 Å². The average molecular weight is 409 g/mol. The summed E-state index contributed by atoms with van der Waals surface area (Å²) < 4.78 is 0. The molecule has 0 amide bonds. The van der Waals surface area contributed by atoms with Crippen LogP contribution in [0.5, 0.6) is 0 Å². The van der Waals surface area contributed by atoms with Crippen molar-refractivity contribution in [1.29, 1.82) is 0 Å². The van der Waals surface area contributed by atoms with Gasteiger partial charge in [0.25, 0.3) is 0 Å². The zero-order valence-electron chi connectivity index (χ0n) is 20.2. The molecule has 3 fully saturated rings. The number of hydrogen-bond donors (Lipinski definition) is 0. The van der Waals surface area contributed by atoms with Crippen LogP contribution in [-0.4, -0.2) is 15.7 Å². The molecule has 0 aliphatic heterocycles. The summed E-state index contributed by atoms with van der Waals surface area (Å²) in [4.78, 5) is 0. The van der Waals surface area contributed by atoms with Gasteiger partial charge in [-0.3, -0.25) is 0 Å². The third kappa shape index (κ3) is 7.31. The van der Waals surface area contributed by atoms with Crippen molar-refractivity contribution in [3.05, 3.63) is 0 Å². The largest absolute Gasteiger partial charge is 0.169 e. The number of hydrogen-bond acceptors (Lipinski definition) is 0. The molecule has 166 valence electrons. The Kier molecular flexibility index (Phi) is 14.6. The highest BCUT2D eigenvalue weighted by Gasteiger charge is 2.45. The predicted octanol–water partition coefficient (Wildman–Crippen LogP) is 9.60. The summed E-state index contributed by atoms with van der Waals surface area (Å²) in [5.41, 5.74) is 0. The van der Waals surface area contributed by atoms with Crippen molar-refractivity contribution in [3.63, 3.8) is 0 Å². The monoisotopic (exact) mass is 408 g/mol. The van der Waals surface area contributed by atoms with Crippen LogP contribution in [0.15, 0.2) is 0 Å². The van der Waals surface area contributed by atoms with Gasteiger partial charge < -0.3 is 0 Å². The van der Waals surface area contributed by atoms with Gasteiger partial charge in [-0.05, 0) is 54.3 Å². The molecule has 28 heavy (non-hydrogen) atoms. The molecule has 0 heterocycles. The minimum Gasteiger partial charge on any atom is -0.169 e. The van der Waals surface area contributed by atoms with Crippen LogP contribution in [0.4, 0.5) is 0 Å². The van der Waals surface area contributed by atoms with Gasteiger partial charge in [-0.1, -0.05) is 110 Å². The Bertz CT molecular complexity index is 366. The summed E-state index contributed by atoms with van der Waals surface area (Å²) in [6.07, 6.45) is 24.8. The second-order valence-electron chi connectivity index (χ2n) is 8.88. The molecule has 0 nitrogen and oxygen atoms in total. The van der Waals surface area contributed by atoms with E-state index in [1.807, 2.05) is 13.8 Å². The van der Waals surface area contributed by atoms with Crippen molar-refractivity contribution in [2.45, 2.75) is 160 Å². The van der Waals surface area contributed by atoms with Gasteiger partial charge in [0, 0.05) is 6.42 Å². The van der Waals surface area contributed by atoms with E-state index in [9.17, 15) is 0 Å². The SMILES string of the molecule is CC.CCC.CCC#CS(C1CCCCC1)(C1CCCCC1)C1CCCCC1. The number of rotatable bonds is 3. The van der Waals surface area contributed by atoms with E-state index in [1.54, 1.807) is 0 Å². The molecule has 3 aliphatic carbocycles. The predicted molar refractivity (Wildman–Crippen MR) is 134 cm³/mol. The molecule has 0 bridgehead atoms. The fraction of sp³-hybridized carbons (Fsp3) is 0.926. The molecule has 0 unspecified atom stereocenters. The Hall–Kier alpha value is -0.0900. The molecule has 3 aliphatic rings. The minimum atomic E-state index is -0.725. The van der Waals surface area contributed by atoms with Crippen molar-refractivity contribution in [1.82, 2.24) is 0 Å². The molecule has 3 rings (SSSR count). The molecular weight excluding hydrogens is 356 g/mol. The van der Waals surface area contributed by atoms with Crippen molar-refractivity contribution in [2.24, 2.45) is 0 Å². The van der Waals surface area contributed by atoms with E-state index < -0.39 is 10.0 Å². The zero-order chi connectivity index (χ0) is 20.7. The smallest absolute Gasteiger partial charge is 0.00686 e. The fourth-order valence-electron chi connectivity index (χ4n) is 5.63. The van der Waals surface area contributed by atoms with E-state index in [1.165, 1.54) is 103 Å². The van der Waals surface area contributed by atoms with Gasteiger partial charge in [0.05, 0.1) is 0 Å². The maximum Gasteiger partial charge on any atom is 0.00686 e. The molecule has 0 spiro atoms. The third-order valence-electron chi connectivity index (χ3n) is 6.74. The molecule has 0 aromatic carbocycles. The van der Waals surface area contributed by atoms with Gasteiger partial charge in [-0.2, -0.15) is 10.0 Å². The fourth-order valence-corrected chi connectivity index (χ4v) is 11.5. The van der Waals surface area contributed by atoms with Gasteiger partial charge in [-0.25, -0.2) is 0 Å². The standard InChI is InChI=1S/C22H38S.C3H8.C2H6/c1-2-3-19-23(20-13-7-4-8-14-20,21-15-9-5-10-16-21)22-17-11-6-12-18-22;1-3-2;1-2/h20-22H,2,4-18H2,1H3;3H2,1-2H3;1-2H3. The molecule has 0 saturated heterocycles. The average Bonchev–Trinajstić information content (AvgIpc) is 2.78. The van der Waals surface area contributed by atoms with Crippen molar-refractivity contribution >= 4 is 10.0 Å². The third-order valence-corrected chi connectivity index (χ3v) is 12.0. The second kappa shape index (κ2) is 15.7. The first-order valence-corrected chi connectivity index (χ1v) is 14.9. The molecule has 1 heteroatoms. The first kappa shape index (κ1) is 25.9. The van der Waals surface area contributed by atoms with Crippen LogP contribution in [-0.2, 0) is 0 Å². The van der Waals surface area contributed by atoms with Gasteiger partial charge in [-0.15, -0.1) is 0 Å². The maximum absolute atomic E-state index is 4.13. The highest BCUT2D eigenvalue weighted by atomic mass is 32.3. The minimum absolute atomic E-state index is 0.725. The van der Waals surface area contributed by atoms with Crippen LogP contribution in [0.3, 0.4) is 0 Å². The lowest BCUT2D eigenvalue weighted by atomic mass is 9.99. The van der Waals surface area contributed by atoms with Gasteiger partial charge in [0.15, 0.2) is 0 Å². The molecule has 0 aromatic rings. The van der Waals surface area contributed by atoms with Gasteiger partial charge in [0.1, 0.15) is 0 Å². The normalized spacial score (nSPS) is 22.6. The van der Waals surface area contributed by atoms with Gasteiger partial charge in [0.2, 0.25) is 0 Å². The highest BCUT2D eigenvalue weighted by molar-refractivity contribution is 8.38. The summed E-state index contributed by atoms with van der Waals surface area (Å²) in [7, 11) is -0.725. The van der Waals surface area contributed by atoms with E-state index in [-0.39, 0.29) is 0 Å². The highest BCUT2D eigenvalue weighted by Crippen LogP contribution is 2.68. The lowest BCUT2D eigenvalue weighted by Crippen LogP contribution is -2.39.